The van der Waals surface area contributed by atoms with Gasteiger partial charge in [-0.25, -0.2) is 0 Å². The second kappa shape index (κ2) is 3.57. The first-order chi connectivity index (χ1) is 5.15. The van der Waals surface area contributed by atoms with Crippen molar-refractivity contribution in [3.05, 3.63) is 22.7 Å². The fourth-order valence-corrected chi connectivity index (χ4v) is 1.86. The maximum Gasteiger partial charge on any atom is 0.133 e. The molecular weight excluding hydrogens is 203 g/mol. The van der Waals surface area contributed by atoms with Gasteiger partial charge in [-0.2, -0.15) is 0 Å². The topological polar surface area (TPSA) is 20.2 Å². The summed E-state index contributed by atoms with van der Waals surface area (Å²) in [5.41, 5.74) is 0.737. The molecule has 1 nitrogen and oxygen atoms in total. The van der Waals surface area contributed by atoms with Crippen molar-refractivity contribution in [1.82, 2.24) is 0 Å². The molecule has 1 N–H and O–H groups in total. The Morgan fingerprint density at radius 1 is 1.45 bits per heavy atom. The van der Waals surface area contributed by atoms with Gasteiger partial charge in [0.25, 0.3) is 0 Å². The van der Waals surface area contributed by atoms with Gasteiger partial charge in [0.15, 0.2) is 0 Å². The lowest BCUT2D eigenvalue weighted by molar-refractivity contribution is 0.458. The molecule has 1 rings (SSSR count). The summed E-state index contributed by atoms with van der Waals surface area (Å²) in [6, 6.07) is 3.31. The highest BCUT2D eigenvalue weighted by atomic mass is 35.7. The van der Waals surface area contributed by atoms with Crippen molar-refractivity contribution in [3.63, 3.8) is 0 Å². The molecular formula is C7H6Cl2OS. The van der Waals surface area contributed by atoms with E-state index in [2.05, 4.69) is 0 Å². The van der Waals surface area contributed by atoms with Crippen LogP contribution in [0.1, 0.15) is 5.56 Å². The van der Waals surface area contributed by atoms with E-state index in [0.29, 0.717) is 9.92 Å². The van der Waals surface area contributed by atoms with E-state index in [1.807, 2.05) is 0 Å². The molecule has 0 atom stereocenters. The standard InChI is InChI=1S/C7H6Cl2OS/c1-4-2-5(8)3-6(11-9)7(4)10/h2-3,10H,1H3. The van der Waals surface area contributed by atoms with Crippen LogP contribution in [0.4, 0.5) is 0 Å². The van der Waals surface area contributed by atoms with Crippen LogP contribution in [0, 0.1) is 6.92 Å². The third-order valence-electron chi connectivity index (χ3n) is 1.31. The average Bonchev–Trinajstić information content (AvgIpc) is 1.96. The highest BCUT2D eigenvalue weighted by molar-refractivity contribution is 8.21. The summed E-state index contributed by atoms with van der Waals surface area (Å²) in [4.78, 5) is 0.594. The van der Waals surface area contributed by atoms with Gasteiger partial charge in [-0.1, -0.05) is 11.6 Å². The minimum atomic E-state index is 0.203. The molecule has 60 valence electrons. The molecule has 0 aliphatic heterocycles. The highest BCUT2D eigenvalue weighted by Gasteiger charge is 2.05. The summed E-state index contributed by atoms with van der Waals surface area (Å²) in [5, 5.41) is 9.94. The van der Waals surface area contributed by atoms with Crippen LogP contribution in [0.15, 0.2) is 17.0 Å². The van der Waals surface area contributed by atoms with Gasteiger partial charge in [-0.05, 0) is 46.3 Å². The first kappa shape index (κ1) is 9.04. The van der Waals surface area contributed by atoms with Crippen molar-refractivity contribution in [1.29, 1.82) is 0 Å². The first-order valence-electron chi connectivity index (χ1n) is 2.93. The number of aryl methyl sites for hydroxylation is 1. The zero-order valence-corrected chi connectivity index (χ0v) is 8.09. The van der Waals surface area contributed by atoms with Crippen LogP contribution < -0.4 is 0 Å². The number of aromatic hydroxyl groups is 1. The number of phenolic OH excluding ortho intramolecular Hbond substituents is 1. The maximum atomic E-state index is 9.36. The summed E-state index contributed by atoms with van der Waals surface area (Å²) >= 11 is 5.72. The lowest BCUT2D eigenvalue weighted by Gasteiger charge is -2.03. The van der Waals surface area contributed by atoms with E-state index in [9.17, 15) is 5.11 Å². The summed E-state index contributed by atoms with van der Waals surface area (Å²) in [6.45, 7) is 1.78. The Balaban J connectivity index is 3.24. The Hall–Kier alpha value is -0.0500. The van der Waals surface area contributed by atoms with E-state index >= 15 is 0 Å². The first-order valence-corrected chi connectivity index (χ1v) is 4.95. The van der Waals surface area contributed by atoms with Crippen LogP contribution >= 0.6 is 33.3 Å². The number of hydrogen-bond donors (Lipinski definition) is 1. The molecule has 11 heavy (non-hydrogen) atoms. The minimum Gasteiger partial charge on any atom is -0.506 e. The molecule has 0 radical (unpaired) electrons. The van der Waals surface area contributed by atoms with Crippen LogP contribution in [0.3, 0.4) is 0 Å². The summed E-state index contributed by atoms with van der Waals surface area (Å²) in [7, 11) is 6.44. The molecule has 0 spiro atoms. The number of halogens is 2. The molecule has 0 bridgehead atoms. The van der Waals surface area contributed by atoms with Gasteiger partial charge < -0.3 is 5.11 Å². The van der Waals surface area contributed by atoms with Gasteiger partial charge in [0.05, 0.1) is 4.90 Å². The van der Waals surface area contributed by atoms with Crippen molar-refractivity contribution in [2.75, 3.05) is 0 Å². The summed E-state index contributed by atoms with van der Waals surface area (Å²) in [5.74, 6) is 0.203. The predicted molar refractivity (Wildman–Crippen MR) is 49.6 cm³/mol. The summed E-state index contributed by atoms with van der Waals surface area (Å²) < 4.78 is 0. The molecule has 0 unspecified atom stereocenters. The van der Waals surface area contributed by atoms with E-state index in [1.54, 1.807) is 19.1 Å². The third kappa shape index (κ3) is 1.95. The van der Waals surface area contributed by atoms with Crippen molar-refractivity contribution < 1.29 is 5.11 Å². The zero-order valence-electron chi connectivity index (χ0n) is 5.77. The van der Waals surface area contributed by atoms with Gasteiger partial charge in [-0.3, -0.25) is 0 Å². The molecule has 4 heteroatoms. The molecule has 0 aliphatic carbocycles. The largest absolute Gasteiger partial charge is 0.506 e. The molecule has 1 aromatic carbocycles. The third-order valence-corrected chi connectivity index (χ3v) is 2.51. The van der Waals surface area contributed by atoms with Crippen LogP contribution in [-0.2, 0) is 0 Å². The van der Waals surface area contributed by atoms with E-state index in [-0.39, 0.29) is 5.75 Å². The molecule has 0 aliphatic rings. The Bertz CT molecular complexity index is 275. The lowest BCUT2D eigenvalue weighted by atomic mass is 10.2. The van der Waals surface area contributed by atoms with Gasteiger partial charge in [0.2, 0.25) is 0 Å². The average molecular weight is 209 g/mol. The lowest BCUT2D eigenvalue weighted by Crippen LogP contribution is -1.77. The molecule has 0 fully saturated rings. The van der Waals surface area contributed by atoms with Crippen molar-refractivity contribution in [2.45, 2.75) is 11.8 Å². The maximum absolute atomic E-state index is 9.36. The highest BCUT2D eigenvalue weighted by Crippen LogP contribution is 2.35. The molecule has 0 saturated carbocycles. The van der Waals surface area contributed by atoms with Gasteiger partial charge in [0, 0.05) is 5.02 Å². The smallest absolute Gasteiger partial charge is 0.133 e. The Labute approximate surface area is 78.8 Å². The molecule has 0 aromatic heterocycles. The van der Waals surface area contributed by atoms with Crippen LogP contribution in [0.2, 0.25) is 5.02 Å². The van der Waals surface area contributed by atoms with Crippen molar-refractivity contribution >= 4 is 33.3 Å². The van der Waals surface area contributed by atoms with Gasteiger partial charge in [-0.15, -0.1) is 0 Å². The second-order valence-electron chi connectivity index (χ2n) is 2.15. The van der Waals surface area contributed by atoms with E-state index in [4.69, 9.17) is 22.3 Å². The number of hydrogen-bond acceptors (Lipinski definition) is 2. The molecule has 0 saturated heterocycles. The fourth-order valence-electron chi connectivity index (χ4n) is 0.764. The van der Waals surface area contributed by atoms with Gasteiger partial charge in [0.1, 0.15) is 5.75 Å². The molecule has 0 amide bonds. The SMILES string of the molecule is Cc1cc(Cl)cc(SCl)c1O. The Morgan fingerprint density at radius 3 is 2.64 bits per heavy atom. The van der Waals surface area contributed by atoms with Crippen LogP contribution in [0.5, 0.6) is 5.75 Å². The molecule has 1 aromatic rings. The molecule has 0 heterocycles. The number of rotatable bonds is 1. The van der Waals surface area contributed by atoms with Crippen LogP contribution in [0.25, 0.3) is 0 Å². The van der Waals surface area contributed by atoms with Crippen LogP contribution in [-0.4, -0.2) is 5.11 Å². The quantitative estimate of drug-likeness (QED) is 0.762. The second-order valence-corrected chi connectivity index (χ2v) is 3.64. The Morgan fingerprint density at radius 2 is 2.09 bits per heavy atom. The fraction of sp³-hybridized carbons (Fsp3) is 0.143. The zero-order chi connectivity index (χ0) is 8.43. The van der Waals surface area contributed by atoms with E-state index in [0.717, 1.165) is 16.5 Å². The number of phenols is 1. The van der Waals surface area contributed by atoms with E-state index in [1.165, 1.54) is 0 Å². The van der Waals surface area contributed by atoms with Gasteiger partial charge >= 0.3 is 0 Å². The number of benzene rings is 1. The van der Waals surface area contributed by atoms with Crippen molar-refractivity contribution in [2.24, 2.45) is 0 Å². The normalized spacial score (nSPS) is 10.1. The minimum absolute atomic E-state index is 0.203. The van der Waals surface area contributed by atoms with E-state index < -0.39 is 0 Å². The predicted octanol–water partition coefficient (Wildman–Crippen LogP) is 3.60. The van der Waals surface area contributed by atoms with Crippen molar-refractivity contribution in [3.8, 4) is 5.75 Å². The monoisotopic (exact) mass is 208 g/mol. The summed E-state index contributed by atoms with van der Waals surface area (Å²) in [6.07, 6.45) is 0. The Kier molecular flexibility index (Phi) is 2.93.